The first kappa shape index (κ1) is 13.5. The predicted octanol–water partition coefficient (Wildman–Crippen LogP) is 3.46. The maximum Gasteiger partial charge on any atom is 0.124 e. The third-order valence-electron chi connectivity index (χ3n) is 4.52. The maximum atomic E-state index is 6.27. The first-order valence-electron chi connectivity index (χ1n) is 7.48. The van der Waals surface area contributed by atoms with Crippen molar-refractivity contribution < 1.29 is 9.47 Å². The summed E-state index contributed by atoms with van der Waals surface area (Å²) in [5.41, 5.74) is 1.22. The molecule has 1 aliphatic carbocycles. The zero-order chi connectivity index (χ0) is 13.9. The van der Waals surface area contributed by atoms with E-state index in [0.717, 1.165) is 24.3 Å². The second kappa shape index (κ2) is 5.88. The van der Waals surface area contributed by atoms with E-state index in [1.165, 1.54) is 18.4 Å². The highest BCUT2D eigenvalue weighted by molar-refractivity contribution is 5.43. The van der Waals surface area contributed by atoms with Gasteiger partial charge in [0.25, 0.3) is 0 Å². The van der Waals surface area contributed by atoms with Gasteiger partial charge in [0.05, 0.1) is 7.11 Å². The van der Waals surface area contributed by atoms with Crippen LogP contribution in [0, 0.1) is 5.92 Å². The van der Waals surface area contributed by atoms with E-state index in [1.54, 1.807) is 7.11 Å². The third-order valence-corrected chi connectivity index (χ3v) is 4.52. The lowest BCUT2D eigenvalue weighted by Gasteiger charge is -2.37. The molecule has 20 heavy (non-hydrogen) atoms. The summed E-state index contributed by atoms with van der Waals surface area (Å²) in [7, 11) is 3.73. The fourth-order valence-corrected chi connectivity index (χ4v) is 3.32. The van der Waals surface area contributed by atoms with Crippen molar-refractivity contribution in [2.75, 3.05) is 14.2 Å². The summed E-state index contributed by atoms with van der Waals surface area (Å²) in [5, 5.41) is 3.43. The summed E-state index contributed by atoms with van der Waals surface area (Å²) in [6.07, 6.45) is 9.51. The molecule has 3 heteroatoms. The van der Waals surface area contributed by atoms with Crippen LogP contribution in [0.15, 0.2) is 30.4 Å². The van der Waals surface area contributed by atoms with Gasteiger partial charge in [0.1, 0.15) is 17.6 Å². The van der Waals surface area contributed by atoms with Crippen molar-refractivity contribution in [3.8, 4) is 11.5 Å². The minimum Gasteiger partial charge on any atom is -0.497 e. The number of nitrogens with one attached hydrogen (secondary N) is 1. The van der Waals surface area contributed by atoms with Crippen molar-refractivity contribution in [2.45, 2.75) is 37.8 Å². The highest BCUT2D eigenvalue weighted by Crippen LogP contribution is 2.40. The van der Waals surface area contributed by atoms with Crippen LogP contribution in [0.5, 0.6) is 11.5 Å². The number of methoxy groups -OCH3 is 1. The van der Waals surface area contributed by atoms with Crippen molar-refractivity contribution >= 4 is 0 Å². The van der Waals surface area contributed by atoms with Crippen LogP contribution in [0.2, 0.25) is 0 Å². The van der Waals surface area contributed by atoms with Crippen LogP contribution in [0.4, 0.5) is 0 Å². The molecule has 0 saturated carbocycles. The second-order valence-electron chi connectivity index (χ2n) is 5.68. The van der Waals surface area contributed by atoms with Gasteiger partial charge in [0, 0.05) is 18.0 Å². The van der Waals surface area contributed by atoms with E-state index in [1.807, 2.05) is 19.2 Å². The van der Waals surface area contributed by atoms with Gasteiger partial charge in [-0.2, -0.15) is 0 Å². The number of allylic oxidation sites excluding steroid dienone is 2. The Balaban J connectivity index is 1.84. The average molecular weight is 273 g/mol. The Morgan fingerprint density at radius 3 is 2.90 bits per heavy atom. The fourth-order valence-electron chi connectivity index (χ4n) is 3.32. The number of hydrogen-bond donors (Lipinski definition) is 1. The molecule has 1 aromatic rings. The summed E-state index contributed by atoms with van der Waals surface area (Å²) in [6, 6.07) is 6.47. The Kier molecular flexibility index (Phi) is 3.97. The number of ether oxygens (including phenoxy) is 2. The highest BCUT2D eigenvalue weighted by Gasteiger charge is 2.32. The molecule has 2 aliphatic rings. The molecule has 0 amide bonds. The molecule has 108 valence electrons. The summed E-state index contributed by atoms with van der Waals surface area (Å²) < 4.78 is 11.6. The summed E-state index contributed by atoms with van der Waals surface area (Å²) in [5.74, 6) is 2.55. The van der Waals surface area contributed by atoms with Crippen molar-refractivity contribution in [1.29, 1.82) is 0 Å². The van der Waals surface area contributed by atoms with E-state index in [-0.39, 0.29) is 0 Å². The van der Waals surface area contributed by atoms with Crippen LogP contribution < -0.4 is 14.8 Å². The largest absolute Gasteiger partial charge is 0.497 e. The van der Waals surface area contributed by atoms with Crippen molar-refractivity contribution in [2.24, 2.45) is 5.92 Å². The van der Waals surface area contributed by atoms with Crippen LogP contribution in [-0.4, -0.2) is 20.3 Å². The van der Waals surface area contributed by atoms with Gasteiger partial charge >= 0.3 is 0 Å². The zero-order valence-corrected chi connectivity index (χ0v) is 12.3. The third kappa shape index (κ3) is 2.55. The number of hydrogen-bond acceptors (Lipinski definition) is 3. The van der Waals surface area contributed by atoms with E-state index in [9.17, 15) is 0 Å². The van der Waals surface area contributed by atoms with E-state index in [2.05, 4.69) is 23.5 Å². The van der Waals surface area contributed by atoms with Crippen LogP contribution in [0.25, 0.3) is 0 Å². The molecule has 3 nitrogen and oxygen atoms in total. The predicted molar refractivity (Wildman–Crippen MR) is 80.3 cm³/mol. The summed E-state index contributed by atoms with van der Waals surface area (Å²) in [6.45, 7) is 0. The zero-order valence-electron chi connectivity index (χ0n) is 12.3. The molecule has 0 spiro atoms. The highest BCUT2D eigenvalue weighted by atomic mass is 16.5. The molecule has 0 saturated heterocycles. The van der Waals surface area contributed by atoms with Gasteiger partial charge in [-0.3, -0.25) is 0 Å². The Morgan fingerprint density at radius 1 is 1.30 bits per heavy atom. The Bertz CT molecular complexity index is 498. The van der Waals surface area contributed by atoms with E-state index in [0.29, 0.717) is 18.1 Å². The number of benzene rings is 1. The first-order chi connectivity index (χ1) is 9.81. The maximum absolute atomic E-state index is 6.27. The number of rotatable bonds is 3. The Morgan fingerprint density at radius 2 is 2.20 bits per heavy atom. The lowest BCUT2D eigenvalue weighted by molar-refractivity contribution is 0.0885. The van der Waals surface area contributed by atoms with Crippen LogP contribution in [-0.2, 0) is 0 Å². The first-order valence-corrected chi connectivity index (χ1v) is 7.48. The van der Waals surface area contributed by atoms with Gasteiger partial charge in [-0.15, -0.1) is 0 Å². The molecule has 0 radical (unpaired) electrons. The molecule has 1 N–H and O–H groups in total. The second-order valence-corrected chi connectivity index (χ2v) is 5.68. The molecule has 3 rings (SSSR count). The molecular formula is C17H23NO2. The van der Waals surface area contributed by atoms with Crippen molar-refractivity contribution in [1.82, 2.24) is 5.32 Å². The van der Waals surface area contributed by atoms with Gasteiger partial charge in [-0.05, 0) is 50.4 Å². The van der Waals surface area contributed by atoms with Gasteiger partial charge in [-0.25, -0.2) is 0 Å². The number of fused-ring (bicyclic) bond motifs is 1. The van der Waals surface area contributed by atoms with E-state index >= 15 is 0 Å². The van der Waals surface area contributed by atoms with Crippen molar-refractivity contribution in [3.05, 3.63) is 35.9 Å². The smallest absolute Gasteiger partial charge is 0.124 e. The Hall–Kier alpha value is -1.48. The molecule has 3 atom stereocenters. The summed E-state index contributed by atoms with van der Waals surface area (Å²) >= 11 is 0. The molecular weight excluding hydrogens is 250 g/mol. The lowest BCUT2D eigenvalue weighted by atomic mass is 9.83. The van der Waals surface area contributed by atoms with Crippen LogP contribution in [0.1, 0.15) is 37.3 Å². The van der Waals surface area contributed by atoms with E-state index in [4.69, 9.17) is 9.47 Å². The summed E-state index contributed by atoms with van der Waals surface area (Å²) in [4.78, 5) is 0. The SMILES string of the molecule is CNC1CC(C2CC=CCC2)Oc2ccc(OC)cc21. The molecule has 0 bridgehead atoms. The van der Waals surface area contributed by atoms with Crippen LogP contribution >= 0.6 is 0 Å². The molecule has 1 heterocycles. The molecule has 1 aromatic carbocycles. The van der Waals surface area contributed by atoms with Gasteiger partial charge < -0.3 is 14.8 Å². The Labute approximate surface area is 121 Å². The topological polar surface area (TPSA) is 30.5 Å². The standard InChI is InChI=1S/C17H23NO2/c1-18-15-11-17(12-6-4-3-5-7-12)20-16-9-8-13(19-2)10-14(15)16/h3-4,8-10,12,15,17-18H,5-7,11H2,1-2H3. The fraction of sp³-hybridized carbons (Fsp3) is 0.529. The minimum atomic E-state index is 0.318. The molecule has 3 unspecified atom stereocenters. The van der Waals surface area contributed by atoms with Gasteiger partial charge in [0.2, 0.25) is 0 Å². The van der Waals surface area contributed by atoms with E-state index < -0.39 is 0 Å². The van der Waals surface area contributed by atoms with Crippen LogP contribution in [0.3, 0.4) is 0 Å². The normalized spacial score (nSPS) is 28.6. The molecule has 0 fully saturated rings. The molecule has 0 aromatic heterocycles. The minimum absolute atomic E-state index is 0.318. The average Bonchev–Trinajstić information content (AvgIpc) is 2.54. The lowest BCUT2D eigenvalue weighted by Crippen LogP contribution is -2.36. The van der Waals surface area contributed by atoms with Gasteiger partial charge in [-0.1, -0.05) is 12.2 Å². The molecule has 1 aliphatic heterocycles. The quantitative estimate of drug-likeness (QED) is 0.855. The van der Waals surface area contributed by atoms with Crippen molar-refractivity contribution in [3.63, 3.8) is 0 Å². The van der Waals surface area contributed by atoms with Gasteiger partial charge in [0.15, 0.2) is 0 Å². The monoisotopic (exact) mass is 273 g/mol.